The molecule has 90 valence electrons. The Bertz CT molecular complexity index is 358. The van der Waals surface area contributed by atoms with Gasteiger partial charge in [-0.15, -0.1) is 0 Å². The Balaban J connectivity index is 3.61. The predicted octanol–water partition coefficient (Wildman–Crippen LogP) is 1.24. The monoisotopic (exact) mass is 224 g/mol. The summed E-state index contributed by atoms with van der Waals surface area (Å²) in [6.45, 7) is 4.80. The minimum absolute atomic E-state index is 0.415. The predicted molar refractivity (Wildman–Crippen MR) is 64.8 cm³/mol. The fourth-order valence-corrected chi connectivity index (χ4v) is 2.12. The molecule has 16 heavy (non-hydrogen) atoms. The van der Waals surface area contributed by atoms with Gasteiger partial charge in [0.05, 0.1) is 14.2 Å². The van der Waals surface area contributed by atoms with Gasteiger partial charge in [-0.3, -0.25) is 0 Å². The molecule has 1 aromatic rings. The Morgan fingerprint density at radius 3 is 1.44 bits per heavy atom. The van der Waals surface area contributed by atoms with E-state index in [4.69, 9.17) is 20.9 Å². The lowest BCUT2D eigenvalue weighted by Crippen LogP contribution is -2.11. The van der Waals surface area contributed by atoms with E-state index in [1.165, 1.54) is 0 Å². The maximum absolute atomic E-state index is 5.75. The van der Waals surface area contributed by atoms with Crippen molar-refractivity contribution >= 4 is 0 Å². The Morgan fingerprint density at radius 2 is 1.19 bits per heavy atom. The SMILES string of the molecule is COc1c(C)c(CN)c(OC)c(CN)c1C. The Labute approximate surface area is 96.5 Å². The Kier molecular flexibility index (Phi) is 4.15. The summed E-state index contributed by atoms with van der Waals surface area (Å²) in [7, 11) is 3.29. The number of hydrogen-bond donors (Lipinski definition) is 2. The minimum atomic E-state index is 0.415. The van der Waals surface area contributed by atoms with Gasteiger partial charge in [0.1, 0.15) is 11.5 Å². The van der Waals surface area contributed by atoms with E-state index in [1.807, 2.05) is 13.8 Å². The van der Waals surface area contributed by atoms with Crippen LogP contribution in [0.5, 0.6) is 11.5 Å². The first-order valence-electron chi connectivity index (χ1n) is 5.25. The quantitative estimate of drug-likeness (QED) is 0.807. The number of benzene rings is 1. The molecule has 1 rings (SSSR count). The van der Waals surface area contributed by atoms with E-state index in [-0.39, 0.29) is 0 Å². The van der Waals surface area contributed by atoms with E-state index in [1.54, 1.807) is 14.2 Å². The van der Waals surface area contributed by atoms with E-state index >= 15 is 0 Å². The normalized spacial score (nSPS) is 10.4. The zero-order chi connectivity index (χ0) is 12.3. The lowest BCUT2D eigenvalue weighted by molar-refractivity contribution is 0.389. The average Bonchev–Trinajstić information content (AvgIpc) is 2.29. The molecule has 0 atom stereocenters. The molecule has 0 radical (unpaired) electrons. The van der Waals surface area contributed by atoms with Crippen LogP contribution in [0.25, 0.3) is 0 Å². The van der Waals surface area contributed by atoms with Crippen molar-refractivity contribution in [2.75, 3.05) is 14.2 Å². The summed E-state index contributed by atoms with van der Waals surface area (Å²) >= 11 is 0. The Hall–Kier alpha value is -1.26. The highest BCUT2D eigenvalue weighted by molar-refractivity contribution is 5.58. The third kappa shape index (κ3) is 1.86. The molecule has 0 aliphatic rings. The van der Waals surface area contributed by atoms with Gasteiger partial charge >= 0.3 is 0 Å². The molecule has 0 aromatic heterocycles. The van der Waals surface area contributed by atoms with Crippen LogP contribution in [0, 0.1) is 13.8 Å². The molecule has 1 aromatic carbocycles. The first-order valence-corrected chi connectivity index (χ1v) is 5.25. The van der Waals surface area contributed by atoms with Crippen molar-refractivity contribution in [1.29, 1.82) is 0 Å². The summed E-state index contributed by atoms with van der Waals surface area (Å²) in [4.78, 5) is 0. The lowest BCUT2D eigenvalue weighted by Gasteiger charge is -2.20. The molecule has 0 saturated heterocycles. The lowest BCUT2D eigenvalue weighted by atomic mass is 9.96. The van der Waals surface area contributed by atoms with Gasteiger partial charge in [-0.05, 0) is 25.0 Å². The summed E-state index contributed by atoms with van der Waals surface area (Å²) in [5.74, 6) is 1.64. The van der Waals surface area contributed by atoms with Crippen LogP contribution in [0.4, 0.5) is 0 Å². The molecular weight excluding hydrogens is 204 g/mol. The number of rotatable bonds is 4. The molecule has 0 aliphatic heterocycles. The van der Waals surface area contributed by atoms with Crippen LogP contribution in [0.15, 0.2) is 0 Å². The van der Waals surface area contributed by atoms with E-state index < -0.39 is 0 Å². The van der Waals surface area contributed by atoms with Gasteiger partial charge in [-0.25, -0.2) is 0 Å². The van der Waals surface area contributed by atoms with Crippen LogP contribution in [-0.2, 0) is 13.1 Å². The van der Waals surface area contributed by atoms with E-state index in [0.29, 0.717) is 13.1 Å². The highest BCUT2D eigenvalue weighted by Crippen LogP contribution is 2.37. The van der Waals surface area contributed by atoms with Crippen LogP contribution >= 0.6 is 0 Å². The highest BCUT2D eigenvalue weighted by Gasteiger charge is 2.18. The molecule has 0 fully saturated rings. The third-order valence-corrected chi connectivity index (χ3v) is 2.95. The van der Waals surface area contributed by atoms with Crippen molar-refractivity contribution < 1.29 is 9.47 Å². The third-order valence-electron chi connectivity index (χ3n) is 2.95. The highest BCUT2D eigenvalue weighted by atomic mass is 16.5. The van der Waals surface area contributed by atoms with E-state index in [2.05, 4.69) is 0 Å². The van der Waals surface area contributed by atoms with Crippen molar-refractivity contribution in [3.05, 3.63) is 22.3 Å². The molecule has 4 N–H and O–H groups in total. The number of methoxy groups -OCH3 is 2. The second-order valence-corrected chi connectivity index (χ2v) is 3.68. The molecular formula is C12H20N2O2. The number of nitrogens with two attached hydrogens (primary N) is 2. The molecule has 0 saturated carbocycles. The molecule has 4 heteroatoms. The van der Waals surface area contributed by atoms with Gasteiger partial charge in [-0.1, -0.05) is 0 Å². The van der Waals surface area contributed by atoms with Crippen LogP contribution < -0.4 is 20.9 Å². The molecule has 0 spiro atoms. The summed E-state index contributed by atoms with van der Waals surface area (Å²) in [6.07, 6.45) is 0. The van der Waals surface area contributed by atoms with Crippen LogP contribution in [0.1, 0.15) is 22.3 Å². The largest absolute Gasteiger partial charge is 0.496 e. The number of hydrogen-bond acceptors (Lipinski definition) is 4. The first kappa shape index (κ1) is 12.8. The van der Waals surface area contributed by atoms with Crippen molar-refractivity contribution in [2.45, 2.75) is 26.9 Å². The van der Waals surface area contributed by atoms with E-state index in [0.717, 1.165) is 33.8 Å². The standard InChI is InChI=1S/C12H20N2O2/c1-7-9(5-13)12(16-4)10(6-14)8(2)11(7)15-3/h5-6,13-14H2,1-4H3. The minimum Gasteiger partial charge on any atom is -0.496 e. The van der Waals surface area contributed by atoms with Crippen LogP contribution in [0.2, 0.25) is 0 Å². The van der Waals surface area contributed by atoms with Crippen molar-refractivity contribution in [2.24, 2.45) is 11.5 Å². The first-order chi connectivity index (χ1) is 7.62. The van der Waals surface area contributed by atoms with Gasteiger partial charge in [0, 0.05) is 24.2 Å². The molecule has 0 heterocycles. The molecule has 4 nitrogen and oxygen atoms in total. The average molecular weight is 224 g/mol. The van der Waals surface area contributed by atoms with Crippen molar-refractivity contribution in [1.82, 2.24) is 0 Å². The topological polar surface area (TPSA) is 70.5 Å². The smallest absolute Gasteiger partial charge is 0.128 e. The summed E-state index contributed by atoms with van der Waals surface area (Å²) < 4.78 is 10.8. The van der Waals surface area contributed by atoms with Gasteiger partial charge in [0.15, 0.2) is 0 Å². The summed E-state index contributed by atoms with van der Waals surface area (Å²) in [5.41, 5.74) is 15.5. The molecule has 0 amide bonds. The fraction of sp³-hybridized carbons (Fsp3) is 0.500. The molecule has 0 aliphatic carbocycles. The van der Waals surface area contributed by atoms with E-state index in [9.17, 15) is 0 Å². The fourth-order valence-electron chi connectivity index (χ4n) is 2.12. The van der Waals surface area contributed by atoms with Gasteiger partial charge in [0.2, 0.25) is 0 Å². The van der Waals surface area contributed by atoms with Crippen molar-refractivity contribution in [3.63, 3.8) is 0 Å². The van der Waals surface area contributed by atoms with Gasteiger partial charge < -0.3 is 20.9 Å². The number of ether oxygens (including phenoxy) is 2. The van der Waals surface area contributed by atoms with Crippen LogP contribution in [0.3, 0.4) is 0 Å². The summed E-state index contributed by atoms with van der Waals surface area (Å²) in [6, 6.07) is 0. The maximum atomic E-state index is 5.75. The second kappa shape index (κ2) is 5.18. The second-order valence-electron chi connectivity index (χ2n) is 3.68. The van der Waals surface area contributed by atoms with Gasteiger partial charge in [0.25, 0.3) is 0 Å². The maximum Gasteiger partial charge on any atom is 0.128 e. The summed E-state index contributed by atoms with van der Waals surface area (Å²) in [5, 5.41) is 0. The van der Waals surface area contributed by atoms with Crippen molar-refractivity contribution in [3.8, 4) is 11.5 Å². The zero-order valence-corrected chi connectivity index (χ0v) is 10.4. The Morgan fingerprint density at radius 1 is 0.812 bits per heavy atom. The van der Waals surface area contributed by atoms with Crippen LogP contribution in [-0.4, -0.2) is 14.2 Å². The molecule has 0 bridgehead atoms. The molecule has 0 unspecified atom stereocenters. The zero-order valence-electron chi connectivity index (χ0n) is 10.4. The van der Waals surface area contributed by atoms with Gasteiger partial charge in [-0.2, -0.15) is 0 Å².